The van der Waals surface area contributed by atoms with Gasteiger partial charge in [0.2, 0.25) is 5.91 Å². The lowest BCUT2D eigenvalue weighted by atomic mass is 10.1. The number of carbonyl (C=O) groups is 1. The molecule has 1 aliphatic heterocycles. The summed E-state index contributed by atoms with van der Waals surface area (Å²) < 4.78 is 1.77. The van der Waals surface area contributed by atoms with E-state index in [0.29, 0.717) is 18.8 Å². The second-order valence-corrected chi connectivity index (χ2v) is 6.80. The summed E-state index contributed by atoms with van der Waals surface area (Å²) in [7, 11) is 0. The number of nitrogens with one attached hydrogen (secondary N) is 1. The summed E-state index contributed by atoms with van der Waals surface area (Å²) in [6.45, 7) is 7.13. The number of fused-ring (bicyclic) bond motifs is 1. The third kappa shape index (κ3) is 4.01. The molecule has 1 aliphatic rings. The molecule has 1 amide bonds. The van der Waals surface area contributed by atoms with Gasteiger partial charge in [-0.1, -0.05) is 13.8 Å². The van der Waals surface area contributed by atoms with Gasteiger partial charge >= 0.3 is 0 Å². The average Bonchev–Trinajstić information content (AvgIpc) is 3.22. The summed E-state index contributed by atoms with van der Waals surface area (Å²) in [6.07, 6.45) is 4.39. The Morgan fingerprint density at radius 2 is 2.04 bits per heavy atom. The molecule has 1 saturated heterocycles. The normalized spacial score (nSPS) is 14.7. The molecule has 1 N–H and O–H groups in total. The van der Waals surface area contributed by atoms with Gasteiger partial charge in [0.25, 0.3) is 0 Å². The van der Waals surface area contributed by atoms with E-state index in [2.05, 4.69) is 39.4 Å². The third-order valence-electron chi connectivity index (χ3n) is 4.36. The lowest BCUT2D eigenvalue weighted by Gasteiger charge is -2.15. The van der Waals surface area contributed by atoms with E-state index < -0.39 is 0 Å². The SMILES string of the molecule is CC(C)CCNC(=O)CCc1nnc2ccc(N3CCCC3)nn12. The molecule has 0 unspecified atom stereocenters. The molecule has 0 saturated carbocycles. The monoisotopic (exact) mass is 330 g/mol. The molecule has 0 aliphatic carbocycles. The number of hydrogen-bond acceptors (Lipinski definition) is 5. The molecule has 0 spiro atoms. The fourth-order valence-corrected chi connectivity index (χ4v) is 2.91. The fourth-order valence-electron chi connectivity index (χ4n) is 2.91. The predicted octanol–water partition coefficient (Wildman–Crippen LogP) is 1.82. The van der Waals surface area contributed by atoms with Crippen molar-refractivity contribution in [3.63, 3.8) is 0 Å². The molecule has 0 radical (unpaired) electrons. The molecule has 7 heteroatoms. The minimum atomic E-state index is 0.0584. The summed E-state index contributed by atoms with van der Waals surface area (Å²) in [5.41, 5.74) is 0.730. The maximum Gasteiger partial charge on any atom is 0.220 e. The first kappa shape index (κ1) is 16.7. The second kappa shape index (κ2) is 7.59. The highest BCUT2D eigenvalue weighted by atomic mass is 16.1. The number of anilines is 1. The standard InChI is InChI=1S/C17H26N6O/c1-13(2)9-10-18-17(24)8-7-15-20-19-14-5-6-16(21-23(14)15)22-11-3-4-12-22/h5-6,13H,3-4,7-12H2,1-2H3,(H,18,24). The van der Waals surface area contributed by atoms with Crippen molar-refractivity contribution in [1.29, 1.82) is 0 Å². The number of amides is 1. The molecule has 2 aromatic rings. The summed E-state index contributed by atoms with van der Waals surface area (Å²) in [4.78, 5) is 14.2. The van der Waals surface area contributed by atoms with Crippen LogP contribution in [0.25, 0.3) is 5.65 Å². The Hall–Kier alpha value is -2.18. The summed E-state index contributed by atoms with van der Waals surface area (Å²) in [5.74, 6) is 2.36. The average molecular weight is 330 g/mol. The Morgan fingerprint density at radius 1 is 1.25 bits per heavy atom. The van der Waals surface area contributed by atoms with Gasteiger partial charge in [-0.2, -0.15) is 4.52 Å². The van der Waals surface area contributed by atoms with Crippen LogP contribution in [0.1, 0.15) is 45.4 Å². The molecule has 0 bridgehead atoms. The number of hydrogen-bond donors (Lipinski definition) is 1. The van der Waals surface area contributed by atoms with Crippen LogP contribution in [0.15, 0.2) is 12.1 Å². The number of carbonyl (C=O) groups excluding carboxylic acids is 1. The van der Waals surface area contributed by atoms with Crippen LogP contribution in [0.2, 0.25) is 0 Å². The van der Waals surface area contributed by atoms with Crippen molar-refractivity contribution in [2.75, 3.05) is 24.5 Å². The molecular weight excluding hydrogens is 304 g/mol. The van der Waals surface area contributed by atoms with E-state index in [1.54, 1.807) is 4.52 Å². The molecule has 3 rings (SSSR count). The first-order chi connectivity index (χ1) is 11.6. The van der Waals surface area contributed by atoms with Gasteiger partial charge in [0.1, 0.15) is 5.82 Å². The van der Waals surface area contributed by atoms with Gasteiger partial charge in [-0.15, -0.1) is 15.3 Å². The lowest BCUT2D eigenvalue weighted by molar-refractivity contribution is -0.121. The van der Waals surface area contributed by atoms with Crippen LogP contribution in [0.3, 0.4) is 0 Å². The van der Waals surface area contributed by atoms with Crippen LogP contribution < -0.4 is 10.2 Å². The van der Waals surface area contributed by atoms with Crippen molar-refractivity contribution in [3.05, 3.63) is 18.0 Å². The van der Waals surface area contributed by atoms with Crippen molar-refractivity contribution >= 4 is 17.4 Å². The zero-order valence-electron chi connectivity index (χ0n) is 14.5. The Balaban J connectivity index is 1.62. The number of nitrogens with zero attached hydrogens (tertiary/aromatic N) is 5. The van der Waals surface area contributed by atoms with Crippen molar-refractivity contribution < 1.29 is 4.79 Å². The molecule has 24 heavy (non-hydrogen) atoms. The Kier molecular flexibility index (Phi) is 5.27. The smallest absolute Gasteiger partial charge is 0.220 e. The van der Waals surface area contributed by atoms with Gasteiger partial charge in [0, 0.05) is 32.5 Å². The second-order valence-electron chi connectivity index (χ2n) is 6.80. The van der Waals surface area contributed by atoms with Gasteiger partial charge in [-0.25, -0.2) is 0 Å². The first-order valence-corrected chi connectivity index (χ1v) is 8.86. The topological polar surface area (TPSA) is 75.4 Å². The Labute approximate surface area is 142 Å². The van der Waals surface area contributed by atoms with Gasteiger partial charge in [-0.05, 0) is 37.3 Å². The zero-order chi connectivity index (χ0) is 16.9. The molecule has 1 fully saturated rings. The molecular formula is C17H26N6O. The van der Waals surface area contributed by atoms with E-state index in [4.69, 9.17) is 0 Å². The van der Waals surface area contributed by atoms with Gasteiger partial charge in [0.15, 0.2) is 11.5 Å². The van der Waals surface area contributed by atoms with Gasteiger partial charge in [0.05, 0.1) is 0 Å². The van der Waals surface area contributed by atoms with E-state index >= 15 is 0 Å². The van der Waals surface area contributed by atoms with Crippen LogP contribution in [0.4, 0.5) is 5.82 Å². The maximum absolute atomic E-state index is 11.9. The van der Waals surface area contributed by atoms with Crippen LogP contribution in [-0.2, 0) is 11.2 Å². The molecule has 130 valence electrons. The minimum absolute atomic E-state index is 0.0584. The van der Waals surface area contributed by atoms with Crippen molar-refractivity contribution in [1.82, 2.24) is 25.1 Å². The first-order valence-electron chi connectivity index (χ1n) is 8.86. The number of aromatic nitrogens is 4. The van der Waals surface area contributed by atoms with E-state index in [0.717, 1.165) is 43.3 Å². The highest BCUT2D eigenvalue weighted by molar-refractivity contribution is 5.76. The van der Waals surface area contributed by atoms with Gasteiger partial charge < -0.3 is 10.2 Å². The zero-order valence-corrected chi connectivity index (χ0v) is 14.5. The number of aryl methyl sites for hydroxylation is 1. The van der Waals surface area contributed by atoms with Crippen LogP contribution in [0.5, 0.6) is 0 Å². The van der Waals surface area contributed by atoms with Gasteiger partial charge in [-0.3, -0.25) is 4.79 Å². The van der Waals surface area contributed by atoms with Crippen LogP contribution >= 0.6 is 0 Å². The largest absolute Gasteiger partial charge is 0.356 e. The fraction of sp³-hybridized carbons (Fsp3) is 0.647. The Morgan fingerprint density at radius 3 is 2.79 bits per heavy atom. The summed E-state index contributed by atoms with van der Waals surface area (Å²) in [5, 5.41) is 16.0. The summed E-state index contributed by atoms with van der Waals surface area (Å²) in [6, 6.07) is 3.94. The van der Waals surface area contributed by atoms with E-state index in [1.165, 1.54) is 12.8 Å². The van der Waals surface area contributed by atoms with Crippen molar-refractivity contribution in [2.45, 2.75) is 46.0 Å². The van der Waals surface area contributed by atoms with Crippen molar-refractivity contribution in [3.8, 4) is 0 Å². The molecule has 0 aromatic carbocycles. The van der Waals surface area contributed by atoms with Crippen molar-refractivity contribution in [2.24, 2.45) is 5.92 Å². The van der Waals surface area contributed by atoms with E-state index in [9.17, 15) is 4.79 Å². The maximum atomic E-state index is 11.9. The van der Waals surface area contributed by atoms with Crippen LogP contribution in [0, 0.1) is 5.92 Å². The number of rotatable bonds is 7. The lowest BCUT2D eigenvalue weighted by Crippen LogP contribution is -2.25. The highest BCUT2D eigenvalue weighted by Crippen LogP contribution is 2.18. The molecule has 7 nitrogen and oxygen atoms in total. The van der Waals surface area contributed by atoms with E-state index in [-0.39, 0.29) is 5.91 Å². The molecule has 2 aromatic heterocycles. The van der Waals surface area contributed by atoms with E-state index in [1.807, 2.05) is 12.1 Å². The molecule has 3 heterocycles. The summed E-state index contributed by atoms with van der Waals surface area (Å²) >= 11 is 0. The third-order valence-corrected chi connectivity index (χ3v) is 4.36. The highest BCUT2D eigenvalue weighted by Gasteiger charge is 2.16. The minimum Gasteiger partial charge on any atom is -0.356 e. The molecule has 0 atom stereocenters. The van der Waals surface area contributed by atoms with Crippen LogP contribution in [-0.4, -0.2) is 45.4 Å². The Bertz CT molecular complexity index is 689. The quantitative estimate of drug-likeness (QED) is 0.838. The predicted molar refractivity (Wildman–Crippen MR) is 93.0 cm³/mol.